The van der Waals surface area contributed by atoms with E-state index in [-0.39, 0.29) is 5.64 Å². The summed E-state index contributed by atoms with van der Waals surface area (Å²) >= 11 is 0. The van der Waals surface area contributed by atoms with E-state index in [4.69, 9.17) is 15.3 Å². The topological polar surface area (TPSA) is 92.0 Å². The molecule has 0 bridgehead atoms. The lowest BCUT2D eigenvalue weighted by Crippen LogP contribution is -2.77. The zero-order chi connectivity index (χ0) is 4.99. The molecule has 6 heavy (non-hydrogen) atoms. The van der Waals surface area contributed by atoms with Crippen LogP contribution < -0.4 is 5.64 Å². The molecule has 0 fully saturated rings. The second kappa shape index (κ2) is 2.36. The van der Waals surface area contributed by atoms with Crippen LogP contribution in [0.1, 0.15) is 0 Å². The number of hydrogen-bond acceptors (Lipinski definition) is 4. The lowest BCUT2D eigenvalue weighted by molar-refractivity contribution is -1.08. The molecule has 6 heteroatoms. The number of nitrogens with two attached hydrogens (primary N) is 1. The maximum Gasteiger partial charge on any atom is 0.339 e. The molecule has 0 aromatic carbocycles. The summed E-state index contributed by atoms with van der Waals surface area (Å²) in [5.74, 6) is 0. The summed E-state index contributed by atoms with van der Waals surface area (Å²) in [6.07, 6.45) is 0. The molecule has 0 saturated carbocycles. The zero-order valence-corrected chi connectivity index (χ0v) is 2.66. The standard InChI is InChI=1S/H2N2O4/c3-1-6-2(4)5/h1H2. The Kier molecular flexibility index (Phi) is 2.02. The minimum absolute atomic E-state index is 0.250. The highest BCUT2D eigenvalue weighted by molar-refractivity contribution is 3.85. The summed E-state index contributed by atoms with van der Waals surface area (Å²) in [4.78, 5) is 12.0. The minimum atomic E-state index is -1.19. The highest BCUT2D eigenvalue weighted by atomic mass is 17.1. The predicted molar refractivity (Wildman–Crippen MR) is 13.4 cm³/mol. The molecule has 0 heterocycles. The molecule has 0 aliphatic heterocycles. The van der Waals surface area contributed by atoms with Crippen molar-refractivity contribution in [1.82, 2.24) is 0 Å². The second-order valence-electron chi connectivity index (χ2n) is 0.425. The van der Waals surface area contributed by atoms with E-state index in [1.165, 1.54) is 0 Å². The summed E-state index contributed by atoms with van der Waals surface area (Å²) in [5, 5.41) is 16.7. The molecule has 6 nitrogen and oxygen atoms in total. The third kappa shape index (κ3) is 3.12. The quantitative estimate of drug-likeness (QED) is 0.321. The normalized spacial score (nSPS) is 7.50. The van der Waals surface area contributed by atoms with Gasteiger partial charge in [0.2, 0.25) is 0 Å². The van der Waals surface area contributed by atoms with Crippen LogP contribution in [0, 0.1) is 15.3 Å². The lowest BCUT2D eigenvalue weighted by Gasteiger charge is -1.90. The van der Waals surface area contributed by atoms with Crippen molar-refractivity contribution in [3.63, 3.8) is 0 Å². The van der Waals surface area contributed by atoms with Crippen LogP contribution in [0.3, 0.4) is 0 Å². The Morgan fingerprint density at radius 3 is 2.33 bits per heavy atom. The Balaban J connectivity index is 2.83. The molecule has 0 spiro atoms. The second-order valence-corrected chi connectivity index (χ2v) is 0.425. The first-order valence-corrected chi connectivity index (χ1v) is 1.02. The first-order valence-electron chi connectivity index (χ1n) is 1.02. The predicted octanol–water partition coefficient (Wildman–Crippen LogP) is -1.83. The third-order valence-electron chi connectivity index (χ3n) is 0.129. The van der Waals surface area contributed by atoms with Gasteiger partial charge in [-0.3, -0.25) is 0 Å². The highest BCUT2D eigenvalue weighted by Crippen LogP contribution is 1.51. The van der Waals surface area contributed by atoms with Gasteiger partial charge in [-0.1, -0.05) is 0 Å². The van der Waals surface area contributed by atoms with Crippen molar-refractivity contribution in [1.29, 1.82) is 0 Å². The summed E-state index contributed by atoms with van der Waals surface area (Å²) in [5.41, 5.74) is -0.250. The summed E-state index contributed by atoms with van der Waals surface area (Å²) in [6.45, 7) is 0. The fourth-order valence-electron chi connectivity index (χ4n) is 0.0351. The van der Waals surface area contributed by atoms with Gasteiger partial charge in [0.15, 0.2) is 0 Å². The number of hydrogen-bond donors (Lipinski definition) is 1. The first-order chi connectivity index (χ1) is 2.77. The van der Waals surface area contributed by atoms with E-state index < -0.39 is 5.09 Å². The fraction of sp³-hybridized carbons (Fsp3) is 0. The SMILES string of the molecule is O=[N+]([O-])O[NH2+][O-]. The van der Waals surface area contributed by atoms with Gasteiger partial charge in [-0.2, -0.15) is 5.64 Å². The smallest absolute Gasteiger partial charge is 0.339 e. The van der Waals surface area contributed by atoms with E-state index >= 15 is 0 Å². The van der Waals surface area contributed by atoms with Crippen molar-refractivity contribution in [2.45, 2.75) is 0 Å². The van der Waals surface area contributed by atoms with Gasteiger partial charge in [0.05, 0.1) is 0 Å². The maximum absolute atomic E-state index is 8.95. The molecule has 0 saturated heterocycles. The van der Waals surface area contributed by atoms with Crippen LogP contribution in [0.25, 0.3) is 0 Å². The number of quaternary nitrogens is 1. The molecule has 0 aliphatic rings. The monoisotopic (exact) mass is 94.0 g/mol. The molecular weight excluding hydrogens is 92.0 g/mol. The van der Waals surface area contributed by atoms with E-state index in [1.54, 1.807) is 0 Å². The molecule has 36 valence electrons. The maximum atomic E-state index is 8.95. The van der Waals surface area contributed by atoms with E-state index in [9.17, 15) is 0 Å². The first kappa shape index (κ1) is 5.12. The van der Waals surface area contributed by atoms with Gasteiger partial charge < -0.3 is 5.21 Å². The number of rotatable bonds is 2. The van der Waals surface area contributed by atoms with Gasteiger partial charge in [0, 0.05) is 0 Å². The zero-order valence-electron chi connectivity index (χ0n) is 2.66. The molecule has 0 amide bonds. The molecular formula is H2N2O4. The van der Waals surface area contributed by atoms with Crippen molar-refractivity contribution in [3.8, 4) is 0 Å². The van der Waals surface area contributed by atoms with Crippen LogP contribution in [0.5, 0.6) is 0 Å². The molecule has 0 aromatic rings. The Morgan fingerprint density at radius 2 is 2.33 bits per heavy atom. The Bertz CT molecular complexity index is 49.5. The molecule has 0 aromatic heterocycles. The minimum Gasteiger partial charge on any atom is -0.599 e. The van der Waals surface area contributed by atoms with Crippen LogP contribution in [0.2, 0.25) is 0 Å². The van der Waals surface area contributed by atoms with Crippen molar-refractivity contribution in [2.75, 3.05) is 0 Å². The molecule has 0 rings (SSSR count). The van der Waals surface area contributed by atoms with Gasteiger partial charge in [-0.15, -0.1) is 15.1 Å². The molecule has 0 radical (unpaired) electrons. The van der Waals surface area contributed by atoms with Gasteiger partial charge in [0.1, 0.15) is 0 Å². The summed E-state index contributed by atoms with van der Waals surface area (Å²) in [6, 6.07) is 0. The lowest BCUT2D eigenvalue weighted by atomic mass is 12.9. The third-order valence-corrected chi connectivity index (χ3v) is 0.129. The Morgan fingerprint density at radius 1 is 1.83 bits per heavy atom. The van der Waals surface area contributed by atoms with Crippen LogP contribution in [-0.4, -0.2) is 5.09 Å². The van der Waals surface area contributed by atoms with Crippen molar-refractivity contribution < 1.29 is 15.7 Å². The molecule has 0 aliphatic carbocycles. The van der Waals surface area contributed by atoms with Gasteiger partial charge >= 0.3 is 5.09 Å². The molecule has 2 N–H and O–H groups in total. The average Bonchev–Trinajstić information content (AvgIpc) is 1.35. The van der Waals surface area contributed by atoms with Crippen LogP contribution in [0.15, 0.2) is 0 Å². The van der Waals surface area contributed by atoms with Crippen molar-refractivity contribution >= 4 is 0 Å². The van der Waals surface area contributed by atoms with Gasteiger partial charge in [-0.25, -0.2) is 0 Å². The average molecular weight is 94.0 g/mol. The van der Waals surface area contributed by atoms with E-state index in [1.807, 2.05) is 0 Å². The van der Waals surface area contributed by atoms with Crippen LogP contribution in [0.4, 0.5) is 0 Å². The summed E-state index contributed by atoms with van der Waals surface area (Å²) < 4.78 is 0. The van der Waals surface area contributed by atoms with E-state index in [0.717, 1.165) is 0 Å². The van der Waals surface area contributed by atoms with E-state index in [2.05, 4.69) is 4.94 Å². The summed E-state index contributed by atoms with van der Waals surface area (Å²) in [7, 11) is 0. The van der Waals surface area contributed by atoms with Crippen molar-refractivity contribution in [3.05, 3.63) is 15.3 Å². The van der Waals surface area contributed by atoms with Crippen molar-refractivity contribution in [2.24, 2.45) is 0 Å². The Hall–Kier alpha value is -0.880. The fourth-order valence-corrected chi connectivity index (χ4v) is 0.0351. The van der Waals surface area contributed by atoms with Crippen LogP contribution in [-0.2, 0) is 4.94 Å². The van der Waals surface area contributed by atoms with Gasteiger partial charge in [0.25, 0.3) is 0 Å². The number of nitrogens with zero attached hydrogens (tertiary/aromatic N) is 1. The molecule has 0 atom stereocenters. The highest BCUT2D eigenvalue weighted by Gasteiger charge is 1.85. The van der Waals surface area contributed by atoms with Crippen LogP contribution >= 0.6 is 0 Å². The largest absolute Gasteiger partial charge is 0.599 e. The van der Waals surface area contributed by atoms with Gasteiger partial charge in [-0.05, 0) is 0 Å². The van der Waals surface area contributed by atoms with E-state index in [0.29, 0.717) is 0 Å². The Labute approximate surface area is 32.3 Å². The molecule has 0 unspecified atom stereocenters.